The van der Waals surface area contributed by atoms with Gasteiger partial charge in [0.25, 0.3) is 0 Å². The summed E-state index contributed by atoms with van der Waals surface area (Å²) in [4.78, 5) is 14.1. The summed E-state index contributed by atoms with van der Waals surface area (Å²) in [6.07, 6.45) is 3.02. The third-order valence-electron chi connectivity index (χ3n) is 8.43. The van der Waals surface area contributed by atoms with Gasteiger partial charge in [-0.3, -0.25) is 0 Å². The van der Waals surface area contributed by atoms with Gasteiger partial charge in [0.15, 0.2) is 5.82 Å². The zero-order valence-corrected chi connectivity index (χ0v) is 25.1. The van der Waals surface area contributed by atoms with Crippen LogP contribution < -0.4 is 15.0 Å². The van der Waals surface area contributed by atoms with Crippen molar-refractivity contribution in [3.05, 3.63) is 59.4 Å². The molecule has 1 unspecified atom stereocenters. The molecule has 4 aromatic rings. The predicted octanol–water partition coefficient (Wildman–Crippen LogP) is 5.81. The van der Waals surface area contributed by atoms with Gasteiger partial charge in [0.2, 0.25) is 0 Å². The number of hydrogen-bond acceptors (Lipinski definition) is 8. The summed E-state index contributed by atoms with van der Waals surface area (Å²) in [7, 11) is 1.73. The Morgan fingerprint density at radius 2 is 1.88 bits per heavy atom. The topological polar surface area (TPSA) is 86.5 Å². The largest absolute Gasteiger partial charge is 0.460 e. The Kier molecular flexibility index (Phi) is 9.20. The number of halogens is 2. The molecule has 8 nitrogen and oxygen atoms in total. The van der Waals surface area contributed by atoms with E-state index in [-0.39, 0.29) is 23.7 Å². The number of rotatable bonds is 9. The number of piperidine rings is 1. The molecule has 3 aromatic carbocycles. The van der Waals surface area contributed by atoms with Crippen molar-refractivity contribution in [2.75, 3.05) is 57.9 Å². The second-order valence-corrected chi connectivity index (χ2v) is 11.7. The molecule has 0 aliphatic carbocycles. The molecule has 0 radical (unpaired) electrons. The van der Waals surface area contributed by atoms with Gasteiger partial charge in [0, 0.05) is 80.4 Å². The molecule has 1 atom stereocenters. The lowest BCUT2D eigenvalue weighted by molar-refractivity contribution is 0.0866. The number of piperazine rings is 1. The Morgan fingerprint density at radius 1 is 1.07 bits per heavy atom. The summed E-state index contributed by atoms with van der Waals surface area (Å²) < 4.78 is 28.2. The van der Waals surface area contributed by atoms with Gasteiger partial charge in [-0.25, -0.2) is 4.39 Å². The van der Waals surface area contributed by atoms with Gasteiger partial charge in [-0.2, -0.15) is 15.2 Å². The monoisotopic (exact) mass is 602 g/mol. The Morgan fingerprint density at radius 3 is 2.67 bits per heavy atom. The van der Waals surface area contributed by atoms with Crippen LogP contribution in [-0.4, -0.2) is 80.0 Å². The molecule has 224 valence electrons. The Bertz CT molecular complexity index is 1630. The van der Waals surface area contributed by atoms with E-state index in [1.807, 2.05) is 42.5 Å². The molecule has 0 bridgehead atoms. The molecule has 2 fully saturated rings. The third-order valence-corrected chi connectivity index (χ3v) is 8.75. The van der Waals surface area contributed by atoms with Crippen molar-refractivity contribution < 1.29 is 13.9 Å². The zero-order valence-electron chi connectivity index (χ0n) is 24.4. The second kappa shape index (κ2) is 13.4. The fourth-order valence-electron chi connectivity index (χ4n) is 6.24. The van der Waals surface area contributed by atoms with E-state index in [2.05, 4.69) is 26.2 Å². The molecule has 2 saturated heterocycles. The van der Waals surface area contributed by atoms with Crippen LogP contribution in [0.5, 0.6) is 6.01 Å². The average molecular weight is 603 g/mol. The van der Waals surface area contributed by atoms with Crippen LogP contribution in [0.15, 0.2) is 48.5 Å². The maximum absolute atomic E-state index is 16.6. The fraction of sp³-hybridized carbons (Fsp3) is 0.424. The van der Waals surface area contributed by atoms with Gasteiger partial charge in [0.1, 0.15) is 17.4 Å². The molecule has 3 heterocycles. The van der Waals surface area contributed by atoms with Crippen molar-refractivity contribution in [2.45, 2.75) is 37.8 Å². The number of likely N-dealkylation sites (tertiary alicyclic amines) is 1. The summed E-state index contributed by atoms with van der Waals surface area (Å²) in [5.74, 6) is 0.193. The number of aromatic nitrogens is 2. The molecule has 1 N–H and O–H groups in total. The first-order valence-electron chi connectivity index (χ1n) is 15.0. The van der Waals surface area contributed by atoms with E-state index in [1.54, 1.807) is 13.2 Å². The molecule has 0 saturated carbocycles. The van der Waals surface area contributed by atoms with Crippen LogP contribution in [0.4, 0.5) is 10.2 Å². The third kappa shape index (κ3) is 6.38. The van der Waals surface area contributed by atoms with Gasteiger partial charge in [-0.05, 0) is 42.3 Å². The number of nitrogens with one attached hydrogen (secondary N) is 1. The number of benzene rings is 3. The van der Waals surface area contributed by atoms with Crippen molar-refractivity contribution >= 4 is 39.1 Å². The first-order valence-corrected chi connectivity index (χ1v) is 15.3. The molecule has 43 heavy (non-hydrogen) atoms. The summed E-state index contributed by atoms with van der Waals surface area (Å²) in [6.45, 7) is 5.55. The minimum absolute atomic E-state index is 0.00230. The normalized spacial score (nSPS) is 18.3. The van der Waals surface area contributed by atoms with Crippen LogP contribution >= 0.6 is 11.6 Å². The number of fused-ring (bicyclic) bond motifs is 2. The van der Waals surface area contributed by atoms with E-state index >= 15 is 4.39 Å². The highest BCUT2D eigenvalue weighted by Gasteiger charge is 2.27. The number of anilines is 1. The van der Waals surface area contributed by atoms with E-state index in [0.29, 0.717) is 53.4 Å². The van der Waals surface area contributed by atoms with Crippen molar-refractivity contribution in [1.82, 2.24) is 20.2 Å². The standard InChI is InChI=1S/C33H36ClFN6O2/c1-42-20-4-16-40-17-12-24(13-18-40)43-33-38-31-27(32(39-33)41-19-15-37-23(21-41)11-14-36)10-9-26(30(31)35)25-7-2-5-22-6-3-8-28(34)29(22)25/h2-3,5-10,23-24,37H,4,11-13,15-21H2,1H3. The van der Waals surface area contributed by atoms with Crippen LogP contribution in [0, 0.1) is 17.1 Å². The van der Waals surface area contributed by atoms with Crippen LogP contribution in [0.1, 0.15) is 25.7 Å². The van der Waals surface area contributed by atoms with Crippen LogP contribution in [0.2, 0.25) is 5.02 Å². The molecule has 0 amide bonds. The Labute approximate surface area is 256 Å². The second-order valence-electron chi connectivity index (χ2n) is 11.3. The molecule has 2 aliphatic rings. The zero-order chi connectivity index (χ0) is 29.8. The minimum atomic E-state index is -0.435. The molecule has 0 spiro atoms. The number of ether oxygens (including phenoxy) is 2. The van der Waals surface area contributed by atoms with Crippen molar-refractivity contribution in [3.63, 3.8) is 0 Å². The summed E-state index contributed by atoms with van der Waals surface area (Å²) >= 11 is 6.61. The first kappa shape index (κ1) is 29.5. The van der Waals surface area contributed by atoms with Gasteiger partial charge in [-0.15, -0.1) is 0 Å². The van der Waals surface area contributed by atoms with Gasteiger partial charge in [-0.1, -0.05) is 48.0 Å². The Balaban J connectivity index is 1.38. The highest BCUT2D eigenvalue weighted by atomic mass is 35.5. The van der Waals surface area contributed by atoms with Crippen molar-refractivity contribution in [3.8, 4) is 23.2 Å². The first-order chi connectivity index (χ1) is 21.1. The van der Waals surface area contributed by atoms with E-state index in [4.69, 9.17) is 26.1 Å². The average Bonchev–Trinajstić information content (AvgIpc) is 3.02. The number of nitriles is 1. The maximum Gasteiger partial charge on any atom is 0.319 e. The van der Waals surface area contributed by atoms with Gasteiger partial charge in [0.05, 0.1) is 12.5 Å². The number of nitrogens with zero attached hydrogens (tertiary/aromatic N) is 5. The van der Waals surface area contributed by atoms with E-state index in [9.17, 15) is 5.26 Å². The van der Waals surface area contributed by atoms with Crippen molar-refractivity contribution in [2.24, 2.45) is 0 Å². The minimum Gasteiger partial charge on any atom is -0.460 e. The summed E-state index contributed by atoms with van der Waals surface area (Å²) in [5.41, 5.74) is 1.35. The quantitative estimate of drug-likeness (QED) is 0.240. The number of hydrogen-bond donors (Lipinski definition) is 1. The molecule has 2 aliphatic heterocycles. The van der Waals surface area contributed by atoms with Crippen LogP contribution in [0.25, 0.3) is 32.8 Å². The van der Waals surface area contributed by atoms with Crippen molar-refractivity contribution in [1.29, 1.82) is 5.26 Å². The highest BCUT2D eigenvalue weighted by Crippen LogP contribution is 2.39. The molecular formula is C33H36ClFN6O2. The number of methoxy groups -OCH3 is 1. The SMILES string of the molecule is COCCCN1CCC(Oc2nc(N3CCNC(CC#N)C3)c3ccc(-c4cccc5cccc(Cl)c45)c(F)c3n2)CC1. The lowest BCUT2D eigenvalue weighted by atomic mass is 9.96. The van der Waals surface area contributed by atoms with Crippen LogP contribution in [0.3, 0.4) is 0 Å². The molecule has 10 heteroatoms. The lowest BCUT2D eigenvalue weighted by Crippen LogP contribution is -2.51. The highest BCUT2D eigenvalue weighted by molar-refractivity contribution is 6.36. The van der Waals surface area contributed by atoms with E-state index in [0.717, 1.165) is 56.3 Å². The predicted molar refractivity (Wildman–Crippen MR) is 168 cm³/mol. The fourth-order valence-corrected chi connectivity index (χ4v) is 6.53. The van der Waals surface area contributed by atoms with E-state index in [1.165, 1.54) is 0 Å². The molecular weight excluding hydrogens is 567 g/mol. The molecule has 6 rings (SSSR count). The van der Waals surface area contributed by atoms with Gasteiger partial charge < -0.3 is 24.6 Å². The Hall–Kier alpha value is -3.55. The lowest BCUT2D eigenvalue weighted by Gasteiger charge is -2.34. The molecule has 1 aromatic heterocycles. The smallest absolute Gasteiger partial charge is 0.319 e. The van der Waals surface area contributed by atoms with E-state index < -0.39 is 5.82 Å². The van der Waals surface area contributed by atoms with Gasteiger partial charge >= 0.3 is 6.01 Å². The summed E-state index contributed by atoms with van der Waals surface area (Å²) in [5, 5.41) is 15.6. The van der Waals surface area contributed by atoms with Crippen LogP contribution in [-0.2, 0) is 4.74 Å². The maximum atomic E-state index is 16.6. The summed E-state index contributed by atoms with van der Waals surface area (Å²) in [6, 6.07) is 17.6.